The SMILES string of the molecule is CCCCCN(C)[C@@H](CCC(N)=O)C(=O)O. The molecule has 0 bridgehead atoms. The van der Waals surface area contributed by atoms with Gasteiger partial charge in [0.1, 0.15) is 6.04 Å². The molecule has 0 aliphatic rings. The molecule has 0 saturated carbocycles. The predicted molar refractivity (Wildman–Crippen MR) is 62.0 cm³/mol. The van der Waals surface area contributed by atoms with Crippen LogP contribution in [0, 0.1) is 0 Å². The van der Waals surface area contributed by atoms with Gasteiger partial charge in [-0.2, -0.15) is 0 Å². The fraction of sp³-hybridized carbons (Fsp3) is 0.818. The third-order valence-electron chi connectivity index (χ3n) is 2.60. The Hall–Kier alpha value is -1.10. The summed E-state index contributed by atoms with van der Waals surface area (Å²) < 4.78 is 0. The summed E-state index contributed by atoms with van der Waals surface area (Å²) in [6, 6.07) is -0.607. The quantitative estimate of drug-likeness (QED) is 0.575. The summed E-state index contributed by atoms with van der Waals surface area (Å²) in [4.78, 5) is 23.4. The summed E-state index contributed by atoms with van der Waals surface area (Å²) >= 11 is 0. The number of carbonyl (C=O) groups excluding carboxylic acids is 1. The Bertz CT molecular complexity index is 231. The average molecular weight is 230 g/mol. The van der Waals surface area contributed by atoms with E-state index in [0.29, 0.717) is 0 Å². The van der Waals surface area contributed by atoms with Crippen LogP contribution < -0.4 is 5.73 Å². The van der Waals surface area contributed by atoms with Gasteiger partial charge in [-0.25, -0.2) is 0 Å². The number of nitrogens with zero attached hydrogens (tertiary/aromatic N) is 1. The molecule has 0 aromatic carbocycles. The fourth-order valence-electron chi connectivity index (χ4n) is 1.58. The fourth-order valence-corrected chi connectivity index (χ4v) is 1.58. The molecule has 3 N–H and O–H groups in total. The van der Waals surface area contributed by atoms with Crippen LogP contribution >= 0.6 is 0 Å². The smallest absolute Gasteiger partial charge is 0.320 e. The van der Waals surface area contributed by atoms with E-state index >= 15 is 0 Å². The maximum atomic E-state index is 11.0. The van der Waals surface area contributed by atoms with E-state index in [-0.39, 0.29) is 12.8 Å². The van der Waals surface area contributed by atoms with Crippen LogP contribution in [-0.2, 0) is 9.59 Å². The molecule has 0 unspecified atom stereocenters. The Balaban J connectivity index is 4.08. The van der Waals surface area contributed by atoms with Gasteiger partial charge in [0, 0.05) is 6.42 Å². The zero-order valence-corrected chi connectivity index (χ0v) is 10.1. The van der Waals surface area contributed by atoms with Crippen LogP contribution in [0.5, 0.6) is 0 Å². The van der Waals surface area contributed by atoms with Gasteiger partial charge in [0.15, 0.2) is 0 Å². The minimum Gasteiger partial charge on any atom is -0.480 e. The molecule has 0 radical (unpaired) electrons. The Labute approximate surface area is 96.6 Å². The normalized spacial score (nSPS) is 12.7. The number of carboxylic acid groups (broad SMARTS) is 1. The number of amides is 1. The molecule has 0 saturated heterocycles. The highest BCUT2D eigenvalue weighted by Crippen LogP contribution is 2.07. The first-order valence-corrected chi connectivity index (χ1v) is 5.70. The third kappa shape index (κ3) is 6.40. The van der Waals surface area contributed by atoms with Crippen molar-refractivity contribution in [1.82, 2.24) is 4.90 Å². The summed E-state index contributed by atoms with van der Waals surface area (Å²) in [6.07, 6.45) is 3.58. The molecule has 1 atom stereocenters. The Morgan fingerprint density at radius 3 is 2.44 bits per heavy atom. The van der Waals surface area contributed by atoms with E-state index in [1.807, 2.05) is 0 Å². The number of unbranched alkanes of at least 4 members (excludes halogenated alkanes) is 2. The van der Waals surface area contributed by atoms with Crippen LogP contribution in [0.3, 0.4) is 0 Å². The molecule has 0 spiro atoms. The highest BCUT2D eigenvalue weighted by atomic mass is 16.4. The Morgan fingerprint density at radius 1 is 1.38 bits per heavy atom. The van der Waals surface area contributed by atoms with Crippen molar-refractivity contribution in [3.05, 3.63) is 0 Å². The van der Waals surface area contributed by atoms with Crippen molar-refractivity contribution in [3.63, 3.8) is 0 Å². The Kier molecular flexibility index (Phi) is 7.54. The van der Waals surface area contributed by atoms with Gasteiger partial charge in [0.2, 0.25) is 5.91 Å². The second kappa shape index (κ2) is 8.10. The van der Waals surface area contributed by atoms with Crippen LogP contribution in [0.4, 0.5) is 0 Å². The molecule has 0 fully saturated rings. The first-order valence-electron chi connectivity index (χ1n) is 5.70. The molecular formula is C11H22N2O3. The summed E-state index contributed by atoms with van der Waals surface area (Å²) in [5.41, 5.74) is 5.01. The van der Waals surface area contributed by atoms with E-state index in [1.54, 1.807) is 11.9 Å². The lowest BCUT2D eigenvalue weighted by molar-refractivity contribution is -0.143. The topological polar surface area (TPSA) is 83.6 Å². The van der Waals surface area contributed by atoms with Crippen molar-refractivity contribution in [1.29, 1.82) is 0 Å². The van der Waals surface area contributed by atoms with Crippen LogP contribution in [-0.4, -0.2) is 41.5 Å². The van der Waals surface area contributed by atoms with E-state index in [4.69, 9.17) is 10.8 Å². The van der Waals surface area contributed by atoms with Crippen molar-refractivity contribution >= 4 is 11.9 Å². The number of likely N-dealkylation sites (N-methyl/N-ethyl adjacent to an activating group) is 1. The number of aliphatic carboxylic acids is 1. The van der Waals surface area contributed by atoms with E-state index in [1.165, 1.54) is 0 Å². The number of primary amides is 1. The molecule has 5 nitrogen and oxygen atoms in total. The maximum absolute atomic E-state index is 11.0. The molecular weight excluding hydrogens is 208 g/mol. The van der Waals surface area contributed by atoms with Crippen LogP contribution in [0.15, 0.2) is 0 Å². The highest BCUT2D eigenvalue weighted by Gasteiger charge is 2.22. The molecule has 0 aliphatic heterocycles. The third-order valence-corrected chi connectivity index (χ3v) is 2.60. The van der Waals surface area contributed by atoms with Gasteiger partial charge in [-0.1, -0.05) is 19.8 Å². The molecule has 94 valence electrons. The van der Waals surface area contributed by atoms with E-state index in [2.05, 4.69) is 6.92 Å². The molecule has 0 aromatic rings. The Morgan fingerprint density at radius 2 is 2.00 bits per heavy atom. The first-order chi connectivity index (χ1) is 7.49. The zero-order valence-electron chi connectivity index (χ0n) is 10.1. The van der Waals surface area contributed by atoms with Crippen molar-refractivity contribution < 1.29 is 14.7 Å². The van der Waals surface area contributed by atoms with Gasteiger partial charge >= 0.3 is 5.97 Å². The van der Waals surface area contributed by atoms with Crippen molar-refractivity contribution in [3.8, 4) is 0 Å². The zero-order chi connectivity index (χ0) is 12.6. The summed E-state index contributed by atoms with van der Waals surface area (Å²) in [5, 5.41) is 9.02. The minimum absolute atomic E-state index is 0.120. The van der Waals surface area contributed by atoms with Gasteiger partial charge in [0.05, 0.1) is 0 Å². The number of rotatable bonds is 9. The van der Waals surface area contributed by atoms with Crippen molar-refractivity contribution in [2.24, 2.45) is 5.73 Å². The van der Waals surface area contributed by atoms with Crippen LogP contribution in [0.1, 0.15) is 39.0 Å². The first kappa shape index (κ1) is 14.9. The highest BCUT2D eigenvalue weighted by molar-refractivity contribution is 5.77. The van der Waals surface area contributed by atoms with Crippen molar-refractivity contribution in [2.45, 2.75) is 45.1 Å². The predicted octanol–water partition coefficient (Wildman–Crippen LogP) is 0.827. The summed E-state index contributed by atoms with van der Waals surface area (Å²) in [5.74, 6) is -1.34. The van der Waals surface area contributed by atoms with Crippen LogP contribution in [0.25, 0.3) is 0 Å². The summed E-state index contributed by atoms with van der Waals surface area (Å²) in [7, 11) is 1.77. The lowest BCUT2D eigenvalue weighted by atomic mass is 10.1. The molecule has 16 heavy (non-hydrogen) atoms. The molecule has 0 heterocycles. The van der Waals surface area contributed by atoms with Gasteiger partial charge in [-0.3, -0.25) is 14.5 Å². The second-order valence-electron chi connectivity index (χ2n) is 4.05. The number of carboxylic acids is 1. The monoisotopic (exact) mass is 230 g/mol. The van der Waals surface area contributed by atoms with Crippen LogP contribution in [0.2, 0.25) is 0 Å². The number of nitrogens with two attached hydrogens (primary N) is 1. The molecule has 5 heteroatoms. The average Bonchev–Trinajstić information content (AvgIpc) is 2.17. The van der Waals surface area contributed by atoms with Gasteiger partial charge in [0.25, 0.3) is 0 Å². The largest absolute Gasteiger partial charge is 0.480 e. The maximum Gasteiger partial charge on any atom is 0.320 e. The lowest BCUT2D eigenvalue weighted by Crippen LogP contribution is -2.39. The van der Waals surface area contributed by atoms with Gasteiger partial charge < -0.3 is 10.8 Å². The number of hydrogen-bond donors (Lipinski definition) is 2. The lowest BCUT2D eigenvalue weighted by Gasteiger charge is -2.24. The molecule has 0 aliphatic carbocycles. The number of carbonyl (C=O) groups is 2. The van der Waals surface area contributed by atoms with Gasteiger partial charge in [-0.05, 0) is 26.4 Å². The summed E-state index contributed by atoms with van der Waals surface area (Å²) in [6.45, 7) is 2.84. The van der Waals surface area contributed by atoms with E-state index in [0.717, 1.165) is 25.8 Å². The second-order valence-corrected chi connectivity index (χ2v) is 4.05. The van der Waals surface area contributed by atoms with Gasteiger partial charge in [-0.15, -0.1) is 0 Å². The standard InChI is InChI=1S/C11H22N2O3/c1-3-4-5-8-13(2)9(11(15)16)6-7-10(12)14/h9H,3-8H2,1-2H3,(H2,12,14)(H,15,16)/t9-/m0/s1. The van der Waals surface area contributed by atoms with Crippen molar-refractivity contribution in [2.75, 3.05) is 13.6 Å². The molecule has 1 amide bonds. The molecule has 0 rings (SSSR count). The minimum atomic E-state index is -0.889. The number of hydrogen-bond acceptors (Lipinski definition) is 3. The van der Waals surface area contributed by atoms with E-state index in [9.17, 15) is 9.59 Å². The van der Waals surface area contributed by atoms with E-state index < -0.39 is 17.9 Å². The molecule has 0 aromatic heterocycles.